The Bertz CT molecular complexity index is 400. The van der Waals surface area contributed by atoms with Gasteiger partial charge >= 0.3 is 129 Å². The Morgan fingerprint density at radius 2 is 1.70 bits per heavy atom. The van der Waals surface area contributed by atoms with Gasteiger partial charge in [-0.1, -0.05) is 0 Å². The van der Waals surface area contributed by atoms with Gasteiger partial charge in [0, 0.05) is 0 Å². The molecule has 20 heavy (non-hydrogen) atoms. The van der Waals surface area contributed by atoms with Crippen molar-refractivity contribution in [2.45, 2.75) is 71.8 Å². The number of carbonyl (C=O) groups is 1. The molecule has 3 aliphatic carbocycles. The van der Waals surface area contributed by atoms with E-state index in [1.54, 1.807) is 0 Å². The fraction of sp³-hybridized carbons (Fsp3) is 0.941. The fourth-order valence-corrected chi connectivity index (χ4v) is 11.3. The normalized spacial score (nSPS) is 36.2. The summed E-state index contributed by atoms with van der Waals surface area (Å²) in [6.45, 7) is 10.7. The second kappa shape index (κ2) is 4.89. The van der Waals surface area contributed by atoms with Crippen LogP contribution in [0.4, 0.5) is 0 Å². The predicted octanol–water partition coefficient (Wildman–Crippen LogP) is 4.72. The van der Waals surface area contributed by atoms with E-state index in [4.69, 9.17) is 4.74 Å². The van der Waals surface area contributed by atoms with Crippen molar-refractivity contribution in [1.29, 1.82) is 0 Å². The van der Waals surface area contributed by atoms with Gasteiger partial charge in [0.05, 0.1) is 0 Å². The average Bonchev–Trinajstić information content (AvgIpc) is 2.24. The number of hydrogen-bond donors (Lipinski definition) is 0. The summed E-state index contributed by atoms with van der Waals surface area (Å²) in [5.74, 6) is 1.65. The van der Waals surface area contributed by atoms with Crippen molar-refractivity contribution < 1.29 is 9.53 Å². The molecule has 0 aromatic rings. The molecular weight excluding hydrogens is 355 g/mol. The van der Waals surface area contributed by atoms with Crippen molar-refractivity contribution >= 4 is 24.3 Å². The molecule has 0 unspecified atom stereocenters. The van der Waals surface area contributed by atoms with Gasteiger partial charge in [0.25, 0.3) is 0 Å². The Kier molecular flexibility index (Phi) is 4.07. The molecule has 0 aromatic carbocycles. The third kappa shape index (κ3) is 2.91. The zero-order valence-corrected chi connectivity index (χ0v) is 17.4. The molecule has 3 aliphatic rings. The van der Waals surface area contributed by atoms with E-state index in [1.165, 1.54) is 12.8 Å². The maximum absolute atomic E-state index is 12.8. The van der Waals surface area contributed by atoms with Crippen LogP contribution in [0.15, 0.2) is 0 Å². The second-order valence-electron chi connectivity index (χ2n) is 9.63. The number of ether oxygens (including phenoxy) is 1. The number of hydrogen-bond acceptors (Lipinski definition) is 2. The van der Waals surface area contributed by atoms with Crippen LogP contribution in [0.2, 0.25) is 18.8 Å². The summed E-state index contributed by atoms with van der Waals surface area (Å²) in [5.41, 5.74) is -0.0189. The Balaban J connectivity index is 2.26. The first-order valence-electron chi connectivity index (χ1n) is 8.07. The van der Waals surface area contributed by atoms with Gasteiger partial charge < -0.3 is 0 Å². The first-order chi connectivity index (χ1) is 8.84. The number of carbonyl (C=O) groups excluding carboxylic acids is 1. The monoisotopic (exact) mass is 388 g/mol. The van der Waals surface area contributed by atoms with Crippen molar-refractivity contribution in [3.63, 3.8) is 0 Å². The van der Waals surface area contributed by atoms with Gasteiger partial charge in [0.1, 0.15) is 0 Å². The van der Waals surface area contributed by atoms with Gasteiger partial charge in [-0.05, 0) is 0 Å². The second-order valence-corrected chi connectivity index (χ2v) is 25.3. The van der Waals surface area contributed by atoms with E-state index >= 15 is 0 Å². The van der Waals surface area contributed by atoms with E-state index in [-0.39, 0.29) is 17.5 Å². The van der Waals surface area contributed by atoms with Crippen molar-refractivity contribution in [3.05, 3.63) is 0 Å². The minimum absolute atomic E-state index is 0.0883. The van der Waals surface area contributed by atoms with E-state index in [0.717, 1.165) is 5.92 Å². The van der Waals surface area contributed by atoms with Crippen LogP contribution in [-0.4, -0.2) is 29.9 Å². The van der Waals surface area contributed by atoms with Gasteiger partial charge in [-0.2, -0.15) is 0 Å². The molecule has 0 N–H and O–H groups in total. The maximum atomic E-state index is 12.8. The number of rotatable bonds is 2. The molecule has 3 heteroatoms. The van der Waals surface area contributed by atoms with E-state index in [0.29, 0.717) is 15.3 Å². The van der Waals surface area contributed by atoms with Crippen LogP contribution in [-0.2, 0) is 9.53 Å². The van der Waals surface area contributed by atoms with E-state index in [2.05, 4.69) is 28.7 Å². The van der Waals surface area contributed by atoms with Gasteiger partial charge in [-0.15, -0.1) is 0 Å². The Hall–Kier alpha value is 0.269. The molecule has 2 nitrogen and oxygen atoms in total. The molecule has 2 bridgehead atoms. The molecular formula is C17H32O2Sn. The van der Waals surface area contributed by atoms with E-state index in [9.17, 15) is 4.79 Å². The molecule has 0 aliphatic heterocycles. The van der Waals surface area contributed by atoms with Crippen LogP contribution in [0, 0.1) is 23.2 Å². The Morgan fingerprint density at radius 3 is 2.10 bits per heavy atom. The SMILES string of the molecule is CC(C)(C)OC(=O)[C@@H]1[C@@H]2C[C@H](C[C@@H]1[Sn]([CH3])([CH3])[CH3])C2(C)C. The van der Waals surface area contributed by atoms with Crippen LogP contribution in [0.3, 0.4) is 0 Å². The van der Waals surface area contributed by atoms with Gasteiger partial charge in [0.2, 0.25) is 0 Å². The Morgan fingerprint density at radius 1 is 1.15 bits per heavy atom. The molecule has 0 aromatic heterocycles. The molecule has 3 fully saturated rings. The topological polar surface area (TPSA) is 26.3 Å². The van der Waals surface area contributed by atoms with Gasteiger partial charge in [0.15, 0.2) is 0 Å². The first-order valence-corrected chi connectivity index (χ1v) is 18.3. The van der Waals surface area contributed by atoms with Crippen molar-refractivity contribution in [2.24, 2.45) is 23.2 Å². The van der Waals surface area contributed by atoms with Crippen LogP contribution < -0.4 is 0 Å². The first kappa shape index (κ1) is 16.6. The van der Waals surface area contributed by atoms with Gasteiger partial charge in [-0.3, -0.25) is 0 Å². The third-order valence-electron chi connectivity index (χ3n) is 5.74. The molecule has 3 rings (SSSR count). The Labute approximate surface area is 128 Å². The molecule has 0 radical (unpaired) electrons. The zero-order valence-electron chi connectivity index (χ0n) is 14.5. The molecule has 3 saturated carbocycles. The molecule has 0 amide bonds. The van der Waals surface area contributed by atoms with Crippen molar-refractivity contribution in [1.82, 2.24) is 0 Å². The molecule has 4 atom stereocenters. The fourth-order valence-electron chi connectivity index (χ4n) is 4.39. The molecule has 116 valence electrons. The summed E-state index contributed by atoms with van der Waals surface area (Å²) in [7, 11) is 0. The minimum atomic E-state index is -2.10. The van der Waals surface area contributed by atoms with E-state index < -0.39 is 18.4 Å². The molecule has 0 saturated heterocycles. The van der Waals surface area contributed by atoms with Gasteiger partial charge in [-0.25, -0.2) is 0 Å². The van der Waals surface area contributed by atoms with Crippen LogP contribution >= 0.6 is 0 Å². The predicted molar refractivity (Wildman–Crippen MR) is 86.4 cm³/mol. The number of esters is 1. The number of fused-ring (bicyclic) bond motifs is 2. The summed E-state index contributed by atoms with van der Waals surface area (Å²) < 4.78 is 6.45. The van der Waals surface area contributed by atoms with Crippen LogP contribution in [0.5, 0.6) is 0 Å². The van der Waals surface area contributed by atoms with Crippen molar-refractivity contribution in [3.8, 4) is 0 Å². The molecule has 0 heterocycles. The third-order valence-corrected chi connectivity index (χ3v) is 13.8. The quantitative estimate of drug-likeness (QED) is 0.507. The summed E-state index contributed by atoms with van der Waals surface area (Å²) >= 11 is -2.10. The average molecular weight is 387 g/mol. The summed E-state index contributed by atoms with van der Waals surface area (Å²) in [6, 6.07) is 0. The standard InChI is InChI=1S/C14H23O2.3CH3.Sn/c1-13(2,3)16-12(15)10-7-6-9-8-11(10)14(9,4)5;;;;/h7,9-11H,6,8H2,1-5H3;3*1H3;/t9-,10-,11-;;;;/m0..../s1. The summed E-state index contributed by atoms with van der Waals surface area (Å²) in [4.78, 5) is 20.2. The molecule has 0 spiro atoms. The summed E-state index contributed by atoms with van der Waals surface area (Å²) in [6.07, 6.45) is 2.52. The van der Waals surface area contributed by atoms with Crippen LogP contribution in [0.1, 0.15) is 47.5 Å². The zero-order chi connectivity index (χ0) is 15.5. The summed E-state index contributed by atoms with van der Waals surface area (Å²) in [5, 5.41) is 0. The van der Waals surface area contributed by atoms with Crippen LogP contribution in [0.25, 0.3) is 0 Å². The van der Waals surface area contributed by atoms with E-state index in [1.807, 2.05) is 20.8 Å². The van der Waals surface area contributed by atoms with Crippen molar-refractivity contribution in [2.75, 3.05) is 0 Å².